The third-order valence-electron chi connectivity index (χ3n) is 3.87. The smallest absolute Gasteiger partial charge is 0.250 e. The predicted molar refractivity (Wildman–Crippen MR) is 107 cm³/mol. The summed E-state index contributed by atoms with van der Waals surface area (Å²) in [6.45, 7) is 2.01. The van der Waals surface area contributed by atoms with Gasteiger partial charge in [-0.1, -0.05) is 41.7 Å². The zero-order valence-corrected chi connectivity index (χ0v) is 16.0. The fourth-order valence-corrected chi connectivity index (χ4v) is 3.31. The molecule has 27 heavy (non-hydrogen) atoms. The van der Waals surface area contributed by atoms with Gasteiger partial charge in [0.2, 0.25) is 11.0 Å². The van der Waals surface area contributed by atoms with Gasteiger partial charge in [-0.2, -0.15) is 0 Å². The summed E-state index contributed by atoms with van der Waals surface area (Å²) in [7, 11) is 3.15. The number of hydrogen-bond donors (Lipinski definition) is 1. The van der Waals surface area contributed by atoms with Crippen molar-refractivity contribution in [1.82, 2.24) is 10.2 Å². The molecule has 0 saturated carbocycles. The summed E-state index contributed by atoms with van der Waals surface area (Å²) in [4.78, 5) is 12.2. The summed E-state index contributed by atoms with van der Waals surface area (Å²) in [6, 6.07) is 13.3. The first-order valence-corrected chi connectivity index (χ1v) is 9.03. The van der Waals surface area contributed by atoms with E-state index in [2.05, 4.69) is 15.5 Å². The lowest BCUT2D eigenvalue weighted by molar-refractivity contribution is -0.111. The molecule has 1 amide bonds. The highest BCUT2D eigenvalue weighted by molar-refractivity contribution is 7.18. The number of nitrogens with one attached hydrogen (secondary N) is 1. The van der Waals surface area contributed by atoms with Gasteiger partial charge in [0, 0.05) is 11.6 Å². The van der Waals surface area contributed by atoms with Gasteiger partial charge in [0.1, 0.15) is 5.01 Å². The molecular weight excluding hydrogens is 362 g/mol. The molecule has 1 aromatic heterocycles. The van der Waals surface area contributed by atoms with E-state index in [1.807, 2.05) is 37.3 Å². The highest BCUT2D eigenvalue weighted by Crippen LogP contribution is 2.29. The van der Waals surface area contributed by atoms with Gasteiger partial charge < -0.3 is 9.47 Å². The average molecular weight is 381 g/mol. The van der Waals surface area contributed by atoms with E-state index >= 15 is 0 Å². The molecule has 0 aliphatic carbocycles. The Hall–Kier alpha value is -3.19. The quantitative estimate of drug-likeness (QED) is 0.649. The highest BCUT2D eigenvalue weighted by atomic mass is 32.1. The lowest BCUT2D eigenvalue weighted by atomic mass is 10.1. The Labute approximate surface area is 161 Å². The van der Waals surface area contributed by atoms with Crippen molar-refractivity contribution in [2.45, 2.75) is 6.92 Å². The van der Waals surface area contributed by atoms with Crippen LogP contribution in [0, 0.1) is 6.92 Å². The number of amides is 1. The second kappa shape index (κ2) is 8.46. The maximum atomic E-state index is 12.2. The topological polar surface area (TPSA) is 73.3 Å². The van der Waals surface area contributed by atoms with E-state index in [1.54, 1.807) is 32.4 Å². The van der Waals surface area contributed by atoms with E-state index in [4.69, 9.17) is 9.47 Å². The molecule has 2 aromatic carbocycles. The van der Waals surface area contributed by atoms with E-state index in [1.165, 1.54) is 17.4 Å². The van der Waals surface area contributed by atoms with Crippen LogP contribution in [-0.2, 0) is 4.79 Å². The van der Waals surface area contributed by atoms with Crippen LogP contribution in [0.4, 0.5) is 5.13 Å². The van der Waals surface area contributed by atoms with Crippen molar-refractivity contribution in [3.8, 4) is 22.1 Å². The van der Waals surface area contributed by atoms with Crippen LogP contribution in [0.2, 0.25) is 0 Å². The Morgan fingerprint density at radius 3 is 2.59 bits per heavy atom. The van der Waals surface area contributed by atoms with Crippen LogP contribution in [0.5, 0.6) is 11.5 Å². The molecule has 138 valence electrons. The van der Waals surface area contributed by atoms with Crippen molar-refractivity contribution in [1.29, 1.82) is 0 Å². The molecule has 1 heterocycles. The maximum absolute atomic E-state index is 12.2. The molecule has 0 atom stereocenters. The zero-order valence-electron chi connectivity index (χ0n) is 15.2. The minimum atomic E-state index is -0.280. The average Bonchev–Trinajstić information content (AvgIpc) is 3.14. The summed E-state index contributed by atoms with van der Waals surface area (Å²) in [5.41, 5.74) is 2.94. The van der Waals surface area contributed by atoms with Crippen LogP contribution in [0.25, 0.3) is 16.6 Å². The molecule has 0 unspecified atom stereocenters. The van der Waals surface area contributed by atoms with Crippen molar-refractivity contribution in [3.05, 3.63) is 59.7 Å². The van der Waals surface area contributed by atoms with Crippen LogP contribution >= 0.6 is 11.3 Å². The number of carbonyl (C=O) groups excluding carboxylic acids is 1. The van der Waals surface area contributed by atoms with Crippen LogP contribution in [0.3, 0.4) is 0 Å². The molecule has 3 aromatic rings. The summed E-state index contributed by atoms with van der Waals surface area (Å²) in [5.74, 6) is 0.959. The zero-order chi connectivity index (χ0) is 19.2. The summed E-state index contributed by atoms with van der Waals surface area (Å²) in [5, 5.41) is 12.2. The first-order valence-electron chi connectivity index (χ1n) is 8.21. The van der Waals surface area contributed by atoms with Crippen molar-refractivity contribution in [2.75, 3.05) is 19.5 Å². The molecule has 0 spiro atoms. The van der Waals surface area contributed by atoms with Crippen LogP contribution in [0.15, 0.2) is 48.5 Å². The van der Waals surface area contributed by atoms with Crippen molar-refractivity contribution in [3.63, 3.8) is 0 Å². The third kappa shape index (κ3) is 4.51. The van der Waals surface area contributed by atoms with Crippen molar-refractivity contribution >= 4 is 28.5 Å². The van der Waals surface area contributed by atoms with E-state index < -0.39 is 0 Å². The van der Waals surface area contributed by atoms with E-state index in [0.717, 1.165) is 21.7 Å². The van der Waals surface area contributed by atoms with Gasteiger partial charge in [-0.05, 0) is 36.3 Å². The summed E-state index contributed by atoms with van der Waals surface area (Å²) < 4.78 is 10.5. The first kappa shape index (κ1) is 18.6. The Bertz CT molecular complexity index is 982. The number of rotatable bonds is 6. The predicted octanol–water partition coefficient (Wildman–Crippen LogP) is 4.18. The number of aryl methyl sites for hydroxylation is 1. The number of aromatic nitrogens is 2. The molecule has 7 heteroatoms. The molecule has 0 saturated heterocycles. The Morgan fingerprint density at radius 2 is 1.85 bits per heavy atom. The van der Waals surface area contributed by atoms with Gasteiger partial charge >= 0.3 is 0 Å². The SMILES string of the molecule is COc1ccc(/C=C/C(=O)Nc2nnc(-c3ccccc3C)s2)cc1OC. The Kier molecular flexibility index (Phi) is 5.83. The van der Waals surface area contributed by atoms with Gasteiger partial charge in [0.25, 0.3) is 0 Å². The van der Waals surface area contributed by atoms with Crippen LogP contribution < -0.4 is 14.8 Å². The highest BCUT2D eigenvalue weighted by Gasteiger charge is 2.10. The molecule has 0 aliphatic rings. The number of methoxy groups -OCH3 is 2. The number of ether oxygens (including phenoxy) is 2. The fraction of sp³-hybridized carbons (Fsp3) is 0.150. The largest absolute Gasteiger partial charge is 0.493 e. The number of hydrogen-bond acceptors (Lipinski definition) is 6. The monoisotopic (exact) mass is 381 g/mol. The number of nitrogens with zero attached hydrogens (tertiary/aromatic N) is 2. The normalized spacial score (nSPS) is 10.8. The van der Waals surface area contributed by atoms with Crippen LogP contribution in [-0.4, -0.2) is 30.3 Å². The maximum Gasteiger partial charge on any atom is 0.250 e. The van der Waals surface area contributed by atoms with Gasteiger partial charge in [-0.3, -0.25) is 10.1 Å². The number of carbonyl (C=O) groups is 1. The minimum absolute atomic E-state index is 0.280. The second-order valence-corrected chi connectivity index (χ2v) is 6.64. The molecule has 0 bridgehead atoms. The van der Waals surface area contributed by atoms with E-state index in [0.29, 0.717) is 16.6 Å². The molecule has 3 rings (SSSR count). The van der Waals surface area contributed by atoms with Crippen LogP contribution in [0.1, 0.15) is 11.1 Å². The molecule has 0 radical (unpaired) electrons. The van der Waals surface area contributed by atoms with Crippen molar-refractivity contribution in [2.24, 2.45) is 0 Å². The van der Waals surface area contributed by atoms with E-state index in [9.17, 15) is 4.79 Å². The van der Waals surface area contributed by atoms with Gasteiger partial charge in [0.15, 0.2) is 11.5 Å². The van der Waals surface area contributed by atoms with Crippen molar-refractivity contribution < 1.29 is 14.3 Å². The second-order valence-electron chi connectivity index (χ2n) is 5.66. The standard InChI is InChI=1S/C20H19N3O3S/c1-13-6-4-5-7-15(13)19-22-23-20(27-19)21-18(24)11-9-14-8-10-16(25-2)17(12-14)26-3/h4-12H,1-3H3,(H,21,23,24)/b11-9+. The lowest BCUT2D eigenvalue weighted by Crippen LogP contribution is -2.07. The first-order chi connectivity index (χ1) is 13.1. The minimum Gasteiger partial charge on any atom is -0.493 e. The lowest BCUT2D eigenvalue weighted by Gasteiger charge is -2.07. The van der Waals surface area contributed by atoms with Gasteiger partial charge in [-0.15, -0.1) is 10.2 Å². The summed E-state index contributed by atoms with van der Waals surface area (Å²) in [6.07, 6.45) is 3.14. The fourth-order valence-electron chi connectivity index (χ4n) is 2.47. The van der Waals surface area contributed by atoms with E-state index in [-0.39, 0.29) is 5.91 Å². The Balaban J connectivity index is 1.68. The van der Waals surface area contributed by atoms with Gasteiger partial charge in [-0.25, -0.2) is 0 Å². The molecule has 0 aliphatic heterocycles. The number of benzene rings is 2. The molecule has 1 N–H and O–H groups in total. The molecular formula is C20H19N3O3S. The Morgan fingerprint density at radius 1 is 1.07 bits per heavy atom. The molecule has 6 nitrogen and oxygen atoms in total. The summed E-state index contributed by atoms with van der Waals surface area (Å²) >= 11 is 1.34. The third-order valence-corrected chi connectivity index (χ3v) is 4.74. The van der Waals surface area contributed by atoms with Gasteiger partial charge in [0.05, 0.1) is 14.2 Å². The molecule has 0 fully saturated rings. The number of anilines is 1.